The zero-order valence-electron chi connectivity index (χ0n) is 14.4. The van der Waals surface area contributed by atoms with Crippen LogP contribution in [0.15, 0.2) is 28.3 Å². The van der Waals surface area contributed by atoms with Crippen molar-refractivity contribution in [1.29, 1.82) is 0 Å². The summed E-state index contributed by atoms with van der Waals surface area (Å²) in [6.07, 6.45) is 1.02. The normalized spacial score (nSPS) is 22.2. The first-order chi connectivity index (χ1) is 12.1. The molecule has 2 unspecified atom stereocenters. The average Bonchev–Trinajstić information content (AvgIpc) is 3.11. The van der Waals surface area contributed by atoms with Crippen molar-refractivity contribution in [2.75, 3.05) is 20.2 Å². The molecule has 0 radical (unpaired) electrons. The first kappa shape index (κ1) is 16.9. The Bertz CT molecular complexity index is 720. The molecule has 2 atom stereocenters. The predicted molar refractivity (Wildman–Crippen MR) is 93.7 cm³/mol. The highest BCUT2D eigenvalue weighted by Gasteiger charge is 2.48. The molecule has 2 heterocycles. The van der Waals surface area contributed by atoms with E-state index in [1.165, 1.54) is 13.3 Å². The van der Waals surface area contributed by atoms with E-state index in [-0.39, 0.29) is 24.1 Å². The van der Waals surface area contributed by atoms with Crippen LogP contribution in [0.5, 0.6) is 11.5 Å². The van der Waals surface area contributed by atoms with Crippen LogP contribution >= 0.6 is 0 Å². The Morgan fingerprint density at radius 1 is 1.40 bits per heavy atom. The number of hydrogen-bond donors (Lipinski definition) is 3. The van der Waals surface area contributed by atoms with Crippen LogP contribution in [0.4, 0.5) is 4.79 Å². The van der Waals surface area contributed by atoms with Gasteiger partial charge in [-0.3, -0.25) is 4.90 Å². The minimum Gasteiger partial charge on any atom is -0.504 e. The molecule has 1 fully saturated rings. The maximum Gasteiger partial charge on any atom is 0.323 e. The van der Waals surface area contributed by atoms with Crippen LogP contribution < -0.4 is 15.5 Å². The quantitative estimate of drug-likeness (QED) is 0.538. The van der Waals surface area contributed by atoms with Gasteiger partial charge < -0.3 is 20.1 Å². The van der Waals surface area contributed by atoms with E-state index >= 15 is 0 Å². The first-order valence-electron chi connectivity index (χ1n) is 8.17. The summed E-state index contributed by atoms with van der Waals surface area (Å²) in [5.74, 6) is 0.886. The summed E-state index contributed by atoms with van der Waals surface area (Å²) in [6, 6.07) is 5.14. The van der Waals surface area contributed by atoms with Gasteiger partial charge in [-0.25, -0.2) is 15.2 Å². The van der Waals surface area contributed by atoms with Gasteiger partial charge in [-0.15, -0.1) is 0 Å². The smallest absolute Gasteiger partial charge is 0.323 e. The molecule has 9 nitrogen and oxygen atoms in total. The zero-order chi connectivity index (χ0) is 18.0. The molecule has 25 heavy (non-hydrogen) atoms. The highest BCUT2D eigenvalue weighted by atomic mass is 16.5. The Hall–Kier alpha value is -2.97. The van der Waals surface area contributed by atoms with Gasteiger partial charge in [0.25, 0.3) is 0 Å². The van der Waals surface area contributed by atoms with Crippen LogP contribution in [0.1, 0.15) is 19.4 Å². The van der Waals surface area contributed by atoms with Crippen molar-refractivity contribution >= 4 is 18.2 Å². The van der Waals surface area contributed by atoms with Crippen LogP contribution in [-0.4, -0.2) is 65.6 Å². The number of hydrazone groups is 1. The molecular weight excluding hydrogens is 324 g/mol. The van der Waals surface area contributed by atoms with Gasteiger partial charge in [-0.2, -0.15) is 5.10 Å². The van der Waals surface area contributed by atoms with Gasteiger partial charge >= 0.3 is 6.03 Å². The second-order valence-electron chi connectivity index (χ2n) is 5.60. The number of amides is 2. The molecule has 2 amide bonds. The number of aliphatic imine (C=N–C) groups is 1. The summed E-state index contributed by atoms with van der Waals surface area (Å²) < 4.78 is 5.06. The molecule has 0 saturated carbocycles. The number of methoxy groups -OCH3 is 1. The molecular formula is C16H22N6O3. The number of phenols is 1. The third kappa shape index (κ3) is 2.92. The van der Waals surface area contributed by atoms with Crippen molar-refractivity contribution in [3.05, 3.63) is 23.8 Å². The third-order valence-corrected chi connectivity index (χ3v) is 4.28. The van der Waals surface area contributed by atoms with Crippen LogP contribution in [0.3, 0.4) is 0 Å². The summed E-state index contributed by atoms with van der Waals surface area (Å²) >= 11 is 0. The van der Waals surface area contributed by atoms with Gasteiger partial charge in [-0.05, 0) is 26.0 Å². The van der Waals surface area contributed by atoms with Crippen LogP contribution in [0.2, 0.25) is 0 Å². The van der Waals surface area contributed by atoms with Gasteiger partial charge in [0, 0.05) is 18.7 Å². The third-order valence-electron chi connectivity index (χ3n) is 4.28. The molecule has 1 aromatic carbocycles. The van der Waals surface area contributed by atoms with Gasteiger partial charge in [-0.1, -0.05) is 6.07 Å². The number of benzene rings is 1. The summed E-state index contributed by atoms with van der Waals surface area (Å²) in [5, 5.41) is 17.3. The molecule has 3 rings (SSSR count). The van der Waals surface area contributed by atoms with E-state index < -0.39 is 0 Å². The second kappa shape index (κ2) is 6.88. The van der Waals surface area contributed by atoms with Gasteiger partial charge in [0.2, 0.25) is 5.96 Å². The molecule has 0 bridgehead atoms. The number of likely N-dealkylation sites (N-methyl/N-ethyl adjacent to an activating group) is 2. The Labute approximate surface area is 146 Å². The van der Waals surface area contributed by atoms with E-state index in [1.54, 1.807) is 28.0 Å². The largest absolute Gasteiger partial charge is 0.504 e. The predicted octanol–water partition coefficient (Wildman–Crippen LogP) is 0.713. The molecule has 1 saturated heterocycles. The fourth-order valence-corrected chi connectivity index (χ4v) is 3.02. The number of urea groups is 1. The number of carbonyl (C=O) groups is 1. The fourth-order valence-electron chi connectivity index (χ4n) is 3.02. The number of guanidine groups is 1. The lowest BCUT2D eigenvalue weighted by Crippen LogP contribution is -2.47. The fraction of sp³-hybridized carbons (Fsp3) is 0.438. The maximum atomic E-state index is 12.2. The van der Waals surface area contributed by atoms with Crippen LogP contribution in [0, 0.1) is 0 Å². The number of hydrogen-bond acceptors (Lipinski definition) is 7. The lowest BCUT2D eigenvalue weighted by molar-refractivity contribution is 0.187. The van der Waals surface area contributed by atoms with Gasteiger partial charge in [0.1, 0.15) is 6.17 Å². The number of carbonyl (C=O) groups excluding carboxylic acids is 1. The monoisotopic (exact) mass is 346 g/mol. The molecule has 2 aliphatic rings. The van der Waals surface area contributed by atoms with Gasteiger partial charge in [0.15, 0.2) is 17.7 Å². The van der Waals surface area contributed by atoms with E-state index in [9.17, 15) is 9.90 Å². The van der Waals surface area contributed by atoms with Crippen molar-refractivity contribution in [1.82, 2.24) is 20.5 Å². The Kier molecular flexibility index (Phi) is 4.64. The number of ether oxygens (including phenoxy) is 1. The topological polar surface area (TPSA) is 102 Å². The lowest BCUT2D eigenvalue weighted by atomic mass is 10.2. The Morgan fingerprint density at radius 3 is 2.84 bits per heavy atom. The van der Waals surface area contributed by atoms with E-state index in [1.807, 2.05) is 13.8 Å². The number of aromatic hydroxyl groups is 1. The lowest BCUT2D eigenvalue weighted by Gasteiger charge is -2.20. The molecule has 0 aliphatic carbocycles. The number of rotatable bonds is 5. The number of para-hydroxylation sites is 1. The van der Waals surface area contributed by atoms with E-state index in [2.05, 4.69) is 20.8 Å². The van der Waals surface area contributed by atoms with Gasteiger partial charge in [0.05, 0.1) is 13.3 Å². The molecule has 0 aromatic heterocycles. The average molecular weight is 346 g/mol. The standard InChI is InChI=1S/C16H22N6O3/c1-4-21-13-14(22(5-2)16(21)24)19-15(18-13)20-17-9-10-7-6-8-11(25-3)12(10)23/h6-9,13-14,23H,4-5H2,1-3H3,(H2,18,19,20)/b17-9+. The second-order valence-corrected chi connectivity index (χ2v) is 5.60. The molecule has 134 valence electrons. The minimum atomic E-state index is -0.264. The summed E-state index contributed by atoms with van der Waals surface area (Å²) in [5.41, 5.74) is 3.34. The number of nitrogens with zero attached hydrogens (tertiary/aromatic N) is 4. The number of phenolic OH excluding ortho intramolecular Hbond substituents is 1. The van der Waals surface area contributed by atoms with Crippen molar-refractivity contribution in [2.45, 2.75) is 26.2 Å². The highest BCUT2D eigenvalue weighted by Crippen LogP contribution is 2.28. The Balaban J connectivity index is 1.69. The summed E-state index contributed by atoms with van der Waals surface area (Å²) in [7, 11) is 1.49. The zero-order valence-corrected chi connectivity index (χ0v) is 14.4. The number of nitrogens with one attached hydrogen (secondary N) is 2. The van der Waals surface area contributed by atoms with Crippen molar-refractivity contribution in [2.24, 2.45) is 10.1 Å². The highest BCUT2D eigenvalue weighted by molar-refractivity contribution is 5.89. The SMILES string of the molecule is CCN1C(=O)N(CC)C2NC(N/N=C/c3cccc(OC)c3O)=NC21. The van der Waals surface area contributed by atoms with E-state index in [4.69, 9.17) is 4.74 Å². The molecule has 0 spiro atoms. The molecule has 1 aromatic rings. The number of fused-ring (bicyclic) bond motifs is 1. The minimum absolute atomic E-state index is 0.0138. The Morgan fingerprint density at radius 2 is 2.16 bits per heavy atom. The summed E-state index contributed by atoms with van der Waals surface area (Å²) in [6.45, 7) is 5.06. The van der Waals surface area contributed by atoms with Crippen LogP contribution in [-0.2, 0) is 0 Å². The van der Waals surface area contributed by atoms with Crippen molar-refractivity contribution in [3.63, 3.8) is 0 Å². The maximum absolute atomic E-state index is 12.2. The van der Waals surface area contributed by atoms with Crippen molar-refractivity contribution < 1.29 is 14.6 Å². The molecule has 2 aliphatic heterocycles. The summed E-state index contributed by atoms with van der Waals surface area (Å²) in [4.78, 5) is 20.2. The van der Waals surface area contributed by atoms with E-state index in [0.717, 1.165) is 0 Å². The first-order valence-corrected chi connectivity index (χ1v) is 8.17. The van der Waals surface area contributed by atoms with Crippen molar-refractivity contribution in [3.8, 4) is 11.5 Å². The van der Waals surface area contributed by atoms with E-state index in [0.29, 0.717) is 30.4 Å². The van der Waals surface area contributed by atoms with Crippen LogP contribution in [0.25, 0.3) is 0 Å². The molecule has 3 N–H and O–H groups in total. The molecule has 9 heteroatoms.